The number of rotatable bonds is 3. The van der Waals surface area contributed by atoms with Crippen molar-refractivity contribution in [2.45, 2.75) is 18.6 Å². The minimum Gasteiger partial charge on any atom is -0.379 e. The Labute approximate surface area is 110 Å². The quantitative estimate of drug-likeness (QED) is 0.882. The molecule has 1 aliphatic heterocycles. The zero-order chi connectivity index (χ0) is 12.3. The number of carbonyl (C=O) groups is 1. The number of halogens is 1. The molecule has 5 heteroatoms. The second-order valence-corrected chi connectivity index (χ2v) is 5.68. The number of nitrogens with one attached hydrogen (secondary N) is 1. The molecule has 1 aromatic carbocycles. The lowest BCUT2D eigenvalue weighted by atomic mass is 10.0. The molecule has 1 fully saturated rings. The van der Waals surface area contributed by atoms with Gasteiger partial charge in [0.05, 0.1) is 0 Å². The van der Waals surface area contributed by atoms with Crippen LogP contribution in [0.25, 0.3) is 0 Å². The molecular formula is C12H14ClNO2S. The summed E-state index contributed by atoms with van der Waals surface area (Å²) >= 11 is 7.37. The van der Waals surface area contributed by atoms with E-state index in [0.29, 0.717) is 23.7 Å². The lowest BCUT2D eigenvalue weighted by Crippen LogP contribution is -2.46. The van der Waals surface area contributed by atoms with E-state index >= 15 is 0 Å². The van der Waals surface area contributed by atoms with Gasteiger partial charge in [-0.05, 0) is 29.9 Å². The molecule has 2 N–H and O–H groups in total. The Balaban J connectivity index is 1.89. The van der Waals surface area contributed by atoms with Crippen molar-refractivity contribution in [2.24, 2.45) is 0 Å². The van der Waals surface area contributed by atoms with Crippen LogP contribution in [0.4, 0.5) is 0 Å². The van der Waals surface area contributed by atoms with Crippen molar-refractivity contribution >= 4 is 29.3 Å². The smallest absolute Gasteiger partial charge is 0.253 e. The number of carbonyl (C=O) groups excluding carboxylic acids is 1. The first-order valence-corrected chi connectivity index (χ1v) is 6.96. The van der Waals surface area contributed by atoms with E-state index in [1.165, 1.54) is 0 Å². The molecule has 1 aliphatic rings. The molecule has 0 spiro atoms. The van der Waals surface area contributed by atoms with Crippen LogP contribution in [0.5, 0.6) is 0 Å². The first kappa shape index (κ1) is 12.7. The minimum absolute atomic E-state index is 0.280. The Bertz CT molecular complexity index is 401. The molecule has 1 saturated heterocycles. The molecule has 17 heavy (non-hydrogen) atoms. The molecule has 1 unspecified atom stereocenters. The number of hydrogen-bond donors (Lipinski definition) is 2. The molecule has 1 heterocycles. The van der Waals surface area contributed by atoms with Crippen LogP contribution in [0.2, 0.25) is 5.02 Å². The van der Waals surface area contributed by atoms with Crippen LogP contribution in [-0.4, -0.2) is 28.1 Å². The Morgan fingerprint density at radius 3 is 2.76 bits per heavy atom. The third-order valence-electron chi connectivity index (χ3n) is 2.79. The summed E-state index contributed by atoms with van der Waals surface area (Å²) in [6.45, 7) is 0.420. The fourth-order valence-corrected chi connectivity index (χ4v) is 3.05. The van der Waals surface area contributed by atoms with Crippen molar-refractivity contribution in [2.75, 3.05) is 11.5 Å². The van der Waals surface area contributed by atoms with Gasteiger partial charge in [-0.15, -0.1) is 0 Å². The van der Waals surface area contributed by atoms with Crippen molar-refractivity contribution in [3.8, 4) is 0 Å². The summed E-state index contributed by atoms with van der Waals surface area (Å²) in [6.07, 6.45) is 0.532. The second-order valence-electron chi connectivity index (χ2n) is 4.14. The van der Waals surface area contributed by atoms with Gasteiger partial charge in [-0.3, -0.25) is 4.79 Å². The maximum Gasteiger partial charge on any atom is 0.253 e. The van der Waals surface area contributed by atoms with Gasteiger partial charge in [-0.2, -0.15) is 11.8 Å². The summed E-state index contributed by atoms with van der Waals surface area (Å²) in [5.41, 5.74) is -0.214. The molecular weight excluding hydrogens is 258 g/mol. The van der Waals surface area contributed by atoms with E-state index in [4.69, 9.17) is 11.6 Å². The third-order valence-corrected chi connectivity index (χ3v) is 4.22. The number of amides is 1. The van der Waals surface area contributed by atoms with Gasteiger partial charge in [-0.25, -0.2) is 0 Å². The number of hydrogen-bond acceptors (Lipinski definition) is 3. The molecule has 2 rings (SSSR count). The predicted octanol–water partition coefficient (Wildman–Crippen LogP) is 1.82. The monoisotopic (exact) mass is 271 g/mol. The molecule has 1 amide bonds. The van der Waals surface area contributed by atoms with E-state index in [1.54, 1.807) is 23.9 Å². The van der Waals surface area contributed by atoms with E-state index in [0.717, 1.165) is 11.3 Å². The fourth-order valence-electron chi connectivity index (χ4n) is 1.68. The van der Waals surface area contributed by atoms with Crippen LogP contribution in [0.15, 0.2) is 24.3 Å². The van der Waals surface area contributed by atoms with Crippen LogP contribution >= 0.6 is 23.4 Å². The SMILES string of the molecule is O=C(NCc1ccc(Cl)cc1)C1(O)CCSC1. The highest BCUT2D eigenvalue weighted by molar-refractivity contribution is 7.99. The minimum atomic E-state index is -1.18. The standard InChI is InChI=1S/C12H14ClNO2S/c13-10-3-1-9(2-4-10)7-14-11(15)12(16)5-6-17-8-12/h1-4,16H,5-8H2,(H,14,15). The summed E-state index contributed by atoms with van der Waals surface area (Å²) < 4.78 is 0. The summed E-state index contributed by atoms with van der Waals surface area (Å²) in [6, 6.07) is 7.28. The number of thioether (sulfide) groups is 1. The van der Waals surface area contributed by atoms with Crippen LogP contribution < -0.4 is 5.32 Å². The van der Waals surface area contributed by atoms with Gasteiger partial charge in [0.2, 0.25) is 0 Å². The zero-order valence-electron chi connectivity index (χ0n) is 9.28. The topological polar surface area (TPSA) is 49.3 Å². The maximum atomic E-state index is 11.8. The molecule has 0 radical (unpaired) electrons. The molecule has 1 atom stereocenters. The van der Waals surface area contributed by atoms with E-state index in [1.807, 2.05) is 12.1 Å². The average molecular weight is 272 g/mol. The summed E-state index contributed by atoms with van der Waals surface area (Å²) in [5.74, 6) is 1.04. The van der Waals surface area contributed by atoms with E-state index in [-0.39, 0.29) is 5.91 Å². The van der Waals surface area contributed by atoms with Crippen LogP contribution in [0.1, 0.15) is 12.0 Å². The van der Waals surface area contributed by atoms with Gasteiger partial charge in [-0.1, -0.05) is 23.7 Å². The van der Waals surface area contributed by atoms with Gasteiger partial charge in [0, 0.05) is 17.3 Å². The first-order valence-electron chi connectivity index (χ1n) is 5.43. The molecule has 0 aromatic heterocycles. The van der Waals surface area contributed by atoms with Crippen LogP contribution in [0.3, 0.4) is 0 Å². The average Bonchev–Trinajstić information content (AvgIpc) is 2.76. The van der Waals surface area contributed by atoms with Gasteiger partial charge in [0.1, 0.15) is 0 Å². The van der Waals surface area contributed by atoms with Crippen molar-refractivity contribution in [1.82, 2.24) is 5.32 Å². The van der Waals surface area contributed by atoms with Crippen LogP contribution in [-0.2, 0) is 11.3 Å². The highest BCUT2D eigenvalue weighted by Gasteiger charge is 2.39. The molecule has 0 aliphatic carbocycles. The van der Waals surface area contributed by atoms with Crippen LogP contribution in [0, 0.1) is 0 Å². The maximum absolute atomic E-state index is 11.8. The summed E-state index contributed by atoms with van der Waals surface area (Å²) in [5, 5.41) is 13.5. The third kappa shape index (κ3) is 3.15. The Hall–Kier alpha value is -0.710. The first-order chi connectivity index (χ1) is 8.10. The summed E-state index contributed by atoms with van der Waals surface area (Å²) in [7, 11) is 0. The normalized spacial score (nSPS) is 23.6. The van der Waals surface area contributed by atoms with Crippen molar-refractivity contribution in [1.29, 1.82) is 0 Å². The Morgan fingerprint density at radius 1 is 1.47 bits per heavy atom. The van der Waals surface area contributed by atoms with Crippen molar-refractivity contribution in [3.05, 3.63) is 34.9 Å². The molecule has 3 nitrogen and oxygen atoms in total. The number of benzene rings is 1. The summed E-state index contributed by atoms with van der Waals surface area (Å²) in [4.78, 5) is 11.8. The second kappa shape index (κ2) is 5.29. The largest absolute Gasteiger partial charge is 0.379 e. The predicted molar refractivity (Wildman–Crippen MR) is 70.2 cm³/mol. The number of aliphatic hydroxyl groups is 1. The van der Waals surface area contributed by atoms with E-state index in [2.05, 4.69) is 5.32 Å². The van der Waals surface area contributed by atoms with Crippen molar-refractivity contribution < 1.29 is 9.90 Å². The van der Waals surface area contributed by atoms with Gasteiger partial charge < -0.3 is 10.4 Å². The van der Waals surface area contributed by atoms with Gasteiger partial charge >= 0.3 is 0 Å². The molecule has 1 aromatic rings. The molecule has 0 bridgehead atoms. The Kier molecular flexibility index (Phi) is 3.97. The zero-order valence-corrected chi connectivity index (χ0v) is 10.9. The van der Waals surface area contributed by atoms with Gasteiger partial charge in [0.15, 0.2) is 5.60 Å². The lowest BCUT2D eigenvalue weighted by Gasteiger charge is -2.20. The van der Waals surface area contributed by atoms with Gasteiger partial charge in [0.25, 0.3) is 5.91 Å². The Morgan fingerprint density at radius 2 is 2.18 bits per heavy atom. The molecule has 0 saturated carbocycles. The highest BCUT2D eigenvalue weighted by atomic mass is 35.5. The fraction of sp³-hybridized carbons (Fsp3) is 0.417. The lowest BCUT2D eigenvalue weighted by molar-refractivity contribution is -0.137. The van der Waals surface area contributed by atoms with Crippen molar-refractivity contribution in [3.63, 3.8) is 0 Å². The van der Waals surface area contributed by atoms with E-state index in [9.17, 15) is 9.90 Å². The van der Waals surface area contributed by atoms with E-state index < -0.39 is 5.60 Å². The molecule has 92 valence electrons. The highest BCUT2D eigenvalue weighted by Crippen LogP contribution is 2.27.